The van der Waals surface area contributed by atoms with Crippen LogP contribution in [0.3, 0.4) is 0 Å². The molecule has 1 aliphatic carbocycles. The zero-order chi connectivity index (χ0) is 11.1. The molecule has 2 heteroatoms. The monoisotopic (exact) mass is 212 g/mol. The number of piperidine rings is 1. The fraction of sp³-hybridized carbons (Fsp3) is 0.500. The van der Waals surface area contributed by atoms with Gasteiger partial charge in [-0.3, -0.25) is 0 Å². The lowest BCUT2D eigenvalue weighted by Crippen LogP contribution is -2.46. The molecular formula is C14H16N2. The first-order valence-electron chi connectivity index (χ1n) is 6.03. The van der Waals surface area contributed by atoms with Gasteiger partial charge in [-0.2, -0.15) is 5.26 Å². The molecule has 2 nitrogen and oxygen atoms in total. The van der Waals surface area contributed by atoms with Gasteiger partial charge < -0.3 is 4.90 Å². The fourth-order valence-corrected chi connectivity index (χ4v) is 3.32. The highest BCUT2D eigenvalue weighted by atomic mass is 15.2. The third kappa shape index (κ3) is 1.31. The van der Waals surface area contributed by atoms with E-state index < -0.39 is 0 Å². The first-order valence-corrected chi connectivity index (χ1v) is 6.03. The Morgan fingerprint density at radius 3 is 3.00 bits per heavy atom. The number of rotatable bonds is 0. The van der Waals surface area contributed by atoms with Crippen molar-refractivity contribution < 1.29 is 0 Å². The van der Waals surface area contributed by atoms with Crippen LogP contribution in [0.25, 0.3) is 0 Å². The molecule has 1 fully saturated rings. The van der Waals surface area contributed by atoms with Gasteiger partial charge in [-0.1, -0.05) is 31.2 Å². The molecule has 0 radical (unpaired) electrons. The maximum Gasteiger partial charge on any atom is 0.179 e. The minimum atomic E-state index is 0.445. The Morgan fingerprint density at radius 2 is 2.19 bits per heavy atom. The number of hydrogen-bond acceptors (Lipinski definition) is 2. The Kier molecular flexibility index (Phi) is 2.14. The summed E-state index contributed by atoms with van der Waals surface area (Å²) in [5.41, 5.74) is 2.99. The summed E-state index contributed by atoms with van der Waals surface area (Å²) in [4.78, 5) is 1.98. The van der Waals surface area contributed by atoms with Gasteiger partial charge >= 0.3 is 0 Å². The first kappa shape index (κ1) is 9.72. The second-order valence-electron chi connectivity index (χ2n) is 5.13. The van der Waals surface area contributed by atoms with Crippen LogP contribution in [0.1, 0.15) is 30.4 Å². The average Bonchev–Trinajstić information content (AvgIpc) is 2.33. The molecule has 1 saturated heterocycles. The fourth-order valence-electron chi connectivity index (χ4n) is 3.32. The van der Waals surface area contributed by atoms with Crippen LogP contribution in [-0.2, 0) is 6.42 Å². The lowest BCUT2D eigenvalue weighted by Gasteiger charge is -2.45. The van der Waals surface area contributed by atoms with Gasteiger partial charge in [0.25, 0.3) is 0 Å². The number of fused-ring (bicyclic) bond motifs is 4. The number of nitriles is 1. The van der Waals surface area contributed by atoms with Crippen molar-refractivity contribution in [2.24, 2.45) is 5.92 Å². The molecular weight excluding hydrogens is 196 g/mol. The van der Waals surface area contributed by atoms with Crippen LogP contribution in [0.4, 0.5) is 0 Å². The Hall–Kier alpha value is -1.49. The van der Waals surface area contributed by atoms with Crippen molar-refractivity contribution in [3.63, 3.8) is 0 Å². The van der Waals surface area contributed by atoms with E-state index in [9.17, 15) is 0 Å². The number of nitrogens with zero attached hydrogens (tertiary/aromatic N) is 2. The second-order valence-corrected chi connectivity index (χ2v) is 5.13. The van der Waals surface area contributed by atoms with Gasteiger partial charge in [0.2, 0.25) is 0 Å². The van der Waals surface area contributed by atoms with Crippen LogP contribution in [0.2, 0.25) is 0 Å². The van der Waals surface area contributed by atoms with E-state index in [1.165, 1.54) is 11.1 Å². The quantitative estimate of drug-likeness (QED) is 0.618. The van der Waals surface area contributed by atoms with Gasteiger partial charge in [-0.15, -0.1) is 0 Å². The maximum absolute atomic E-state index is 9.14. The van der Waals surface area contributed by atoms with E-state index in [0.717, 1.165) is 19.4 Å². The molecule has 2 bridgehead atoms. The van der Waals surface area contributed by atoms with E-state index in [2.05, 4.69) is 37.4 Å². The summed E-state index contributed by atoms with van der Waals surface area (Å²) in [6.07, 6.45) is 4.56. The smallest absolute Gasteiger partial charge is 0.179 e. The SMILES string of the molecule is CC1CN(C#N)[C@@H]2Cc3ccccc3C1C2. The molecule has 1 aliphatic heterocycles. The molecule has 0 N–H and O–H groups in total. The van der Waals surface area contributed by atoms with Gasteiger partial charge in [0.05, 0.1) is 0 Å². The highest BCUT2D eigenvalue weighted by molar-refractivity contribution is 5.35. The molecule has 3 rings (SSSR count). The molecule has 1 aromatic carbocycles. The molecule has 0 amide bonds. The predicted octanol–water partition coefficient (Wildman–Crippen LogP) is 2.52. The molecule has 2 aliphatic rings. The van der Waals surface area contributed by atoms with Crippen LogP contribution < -0.4 is 0 Å². The summed E-state index contributed by atoms with van der Waals surface area (Å²) in [5, 5.41) is 9.14. The van der Waals surface area contributed by atoms with Gasteiger partial charge in [0, 0.05) is 12.6 Å². The summed E-state index contributed by atoms with van der Waals surface area (Å²) < 4.78 is 0. The molecule has 1 aromatic rings. The highest BCUT2D eigenvalue weighted by Gasteiger charge is 2.38. The standard InChI is InChI=1S/C14H16N2/c1-10-8-16(9-15)12-6-11-4-2-3-5-13(11)14(10)7-12/h2-5,10,12,14H,6-8H2,1H3/t10?,12-,14?/m1/s1. The predicted molar refractivity (Wildman–Crippen MR) is 62.8 cm³/mol. The average molecular weight is 212 g/mol. The zero-order valence-electron chi connectivity index (χ0n) is 9.56. The normalized spacial score (nSPS) is 31.8. The van der Waals surface area contributed by atoms with Crippen molar-refractivity contribution in [1.29, 1.82) is 5.26 Å². The van der Waals surface area contributed by atoms with Crippen molar-refractivity contribution in [1.82, 2.24) is 4.90 Å². The summed E-state index contributed by atoms with van der Waals surface area (Å²) in [6, 6.07) is 9.20. The van der Waals surface area contributed by atoms with Crippen LogP contribution in [0, 0.1) is 17.4 Å². The first-order chi connectivity index (χ1) is 7.79. The molecule has 0 spiro atoms. The number of hydrogen-bond donors (Lipinski definition) is 0. The Balaban J connectivity index is 2.03. The third-order valence-electron chi connectivity index (χ3n) is 4.18. The van der Waals surface area contributed by atoms with Crippen molar-refractivity contribution in [3.8, 4) is 6.19 Å². The van der Waals surface area contributed by atoms with Crippen molar-refractivity contribution in [2.45, 2.75) is 31.7 Å². The summed E-state index contributed by atoms with van der Waals surface area (Å²) in [7, 11) is 0. The second kappa shape index (κ2) is 3.52. The van der Waals surface area contributed by atoms with E-state index in [1.807, 2.05) is 4.90 Å². The molecule has 1 heterocycles. The van der Waals surface area contributed by atoms with E-state index >= 15 is 0 Å². The van der Waals surface area contributed by atoms with Gasteiger partial charge in [0.15, 0.2) is 6.19 Å². The molecule has 0 aromatic heterocycles. The van der Waals surface area contributed by atoms with E-state index in [1.54, 1.807) is 0 Å². The van der Waals surface area contributed by atoms with Crippen LogP contribution in [0.5, 0.6) is 0 Å². The highest BCUT2D eigenvalue weighted by Crippen LogP contribution is 2.42. The van der Waals surface area contributed by atoms with Crippen LogP contribution in [-0.4, -0.2) is 17.5 Å². The van der Waals surface area contributed by atoms with Crippen LogP contribution >= 0.6 is 0 Å². The molecule has 82 valence electrons. The van der Waals surface area contributed by atoms with Crippen molar-refractivity contribution in [3.05, 3.63) is 35.4 Å². The van der Waals surface area contributed by atoms with E-state index in [-0.39, 0.29) is 0 Å². The Bertz CT molecular complexity index is 446. The number of benzene rings is 1. The molecule has 3 atom stereocenters. The maximum atomic E-state index is 9.14. The van der Waals surface area contributed by atoms with Crippen molar-refractivity contribution >= 4 is 0 Å². The lowest BCUT2D eigenvalue weighted by molar-refractivity contribution is 0.143. The largest absolute Gasteiger partial charge is 0.307 e. The summed E-state index contributed by atoms with van der Waals surface area (Å²) in [5.74, 6) is 1.26. The third-order valence-corrected chi connectivity index (χ3v) is 4.18. The van der Waals surface area contributed by atoms with Crippen LogP contribution in [0.15, 0.2) is 24.3 Å². The van der Waals surface area contributed by atoms with E-state index in [4.69, 9.17) is 5.26 Å². The van der Waals surface area contributed by atoms with Crippen molar-refractivity contribution in [2.75, 3.05) is 6.54 Å². The van der Waals surface area contributed by atoms with E-state index in [0.29, 0.717) is 17.9 Å². The van der Waals surface area contributed by atoms with Gasteiger partial charge in [-0.25, -0.2) is 0 Å². The van der Waals surface area contributed by atoms with Gasteiger partial charge in [-0.05, 0) is 35.8 Å². The topological polar surface area (TPSA) is 27.0 Å². The molecule has 16 heavy (non-hydrogen) atoms. The molecule has 2 unspecified atom stereocenters. The van der Waals surface area contributed by atoms with Gasteiger partial charge in [0.1, 0.15) is 0 Å². The lowest BCUT2D eigenvalue weighted by atomic mass is 9.71. The molecule has 0 saturated carbocycles. The minimum absolute atomic E-state index is 0.445. The Labute approximate surface area is 96.5 Å². The zero-order valence-corrected chi connectivity index (χ0v) is 9.56. The summed E-state index contributed by atoms with van der Waals surface area (Å²) >= 11 is 0. The number of likely N-dealkylation sites (tertiary alicyclic amines) is 1. The Morgan fingerprint density at radius 1 is 1.38 bits per heavy atom. The summed E-state index contributed by atoms with van der Waals surface area (Å²) in [6.45, 7) is 3.20. The minimum Gasteiger partial charge on any atom is -0.307 e.